The van der Waals surface area contributed by atoms with Crippen molar-refractivity contribution in [3.63, 3.8) is 0 Å². The maximum Gasteiger partial charge on any atom is -0.0418 e. The van der Waals surface area contributed by atoms with Crippen LogP contribution in [0, 0.1) is 12.3 Å². The van der Waals surface area contributed by atoms with Gasteiger partial charge in [-0.05, 0) is 5.92 Å². The molecule has 0 aromatic rings. The maximum absolute atomic E-state index is 3.87. The van der Waals surface area contributed by atoms with E-state index in [1.807, 2.05) is 0 Å². The van der Waals surface area contributed by atoms with Crippen LogP contribution in [0.5, 0.6) is 0 Å². The molecule has 0 bridgehead atoms. The van der Waals surface area contributed by atoms with E-state index >= 15 is 0 Å². The van der Waals surface area contributed by atoms with Crippen LogP contribution in [0.2, 0.25) is 0 Å². The molecule has 12 heavy (non-hydrogen) atoms. The van der Waals surface area contributed by atoms with Crippen LogP contribution in [0.4, 0.5) is 0 Å². The Kier molecular flexibility index (Phi) is 2.07. The Morgan fingerprint density at radius 3 is 2.83 bits per heavy atom. The zero-order valence-electron chi connectivity index (χ0n) is 7.42. The molecule has 0 amide bonds. The third-order valence-electron chi connectivity index (χ3n) is 2.56. The summed E-state index contributed by atoms with van der Waals surface area (Å²) >= 11 is 0. The lowest BCUT2D eigenvalue weighted by Gasteiger charge is -2.14. The summed E-state index contributed by atoms with van der Waals surface area (Å²) in [7, 11) is 0. The van der Waals surface area contributed by atoms with Crippen molar-refractivity contribution >= 4 is 0 Å². The highest BCUT2D eigenvalue weighted by molar-refractivity contribution is 5.41. The van der Waals surface area contributed by atoms with E-state index in [0.29, 0.717) is 0 Å². The van der Waals surface area contributed by atoms with Gasteiger partial charge in [-0.15, -0.1) is 30.2 Å². The first-order valence-corrected chi connectivity index (χ1v) is 4.75. The van der Waals surface area contributed by atoms with Crippen molar-refractivity contribution in [2.45, 2.75) is 25.7 Å². The molecular weight excluding hydrogens is 144 g/mol. The zero-order chi connectivity index (χ0) is 8.39. The second-order valence-electron chi connectivity index (χ2n) is 3.80. The average molecular weight is 159 g/mol. The molecule has 64 valence electrons. The minimum Gasteiger partial charge on any atom is -0.171 e. The fraction of sp³-hybridized carbons (Fsp3) is 0.417. The topological polar surface area (TPSA) is 0 Å². The number of rotatable bonds is 3. The monoisotopic (exact) mass is 159 g/mol. The van der Waals surface area contributed by atoms with Crippen molar-refractivity contribution in [2.75, 3.05) is 0 Å². The Hall–Kier alpha value is -0.910. The minimum atomic E-state index is 1.05. The Morgan fingerprint density at radius 1 is 1.42 bits per heavy atom. The molecule has 0 spiro atoms. The quantitative estimate of drug-likeness (QED) is 0.553. The molecule has 0 aromatic carbocycles. The first-order valence-electron chi connectivity index (χ1n) is 4.75. The second-order valence-corrected chi connectivity index (χ2v) is 3.80. The van der Waals surface area contributed by atoms with E-state index in [0.717, 1.165) is 11.5 Å². The molecule has 0 aromatic heterocycles. The van der Waals surface area contributed by atoms with Crippen LogP contribution in [-0.4, -0.2) is 0 Å². The molecule has 2 aliphatic carbocycles. The fourth-order valence-electron chi connectivity index (χ4n) is 1.48. The van der Waals surface area contributed by atoms with Gasteiger partial charge >= 0.3 is 0 Å². The van der Waals surface area contributed by atoms with E-state index in [1.54, 1.807) is 0 Å². The van der Waals surface area contributed by atoms with Crippen LogP contribution in [0.1, 0.15) is 25.7 Å². The number of hydrogen-bond donors (Lipinski definition) is 0. The largest absolute Gasteiger partial charge is 0.171 e. The van der Waals surface area contributed by atoms with E-state index in [9.17, 15) is 0 Å². The van der Waals surface area contributed by atoms with Crippen molar-refractivity contribution in [1.29, 1.82) is 0 Å². The molecule has 2 rings (SSSR count). The van der Waals surface area contributed by atoms with E-state index in [4.69, 9.17) is 0 Å². The fourth-order valence-corrected chi connectivity index (χ4v) is 1.48. The summed E-state index contributed by atoms with van der Waals surface area (Å²) in [6.07, 6.45) is 14.2. The standard InChI is InChI=1S/C12H15/c1-10-2-4-11(5-3-10)6-7-12-8-9-12/h2-5,12H,1,6-9H2/q-1. The lowest BCUT2D eigenvalue weighted by atomic mass is 9.99. The molecule has 0 unspecified atom stereocenters. The first-order chi connectivity index (χ1) is 5.84. The Labute approximate surface area is 74.7 Å². The van der Waals surface area contributed by atoms with Gasteiger partial charge in [0.15, 0.2) is 0 Å². The van der Waals surface area contributed by atoms with Gasteiger partial charge in [0.2, 0.25) is 0 Å². The van der Waals surface area contributed by atoms with E-state index in [-0.39, 0.29) is 0 Å². The smallest absolute Gasteiger partial charge is 0.0418 e. The summed E-state index contributed by atoms with van der Waals surface area (Å²) in [5, 5.41) is 0. The van der Waals surface area contributed by atoms with E-state index in [1.165, 1.54) is 31.3 Å². The van der Waals surface area contributed by atoms with Crippen LogP contribution in [0.25, 0.3) is 0 Å². The van der Waals surface area contributed by atoms with Crippen molar-refractivity contribution in [3.05, 3.63) is 42.4 Å². The first kappa shape index (κ1) is 7.72. The van der Waals surface area contributed by atoms with Crippen LogP contribution in [-0.2, 0) is 0 Å². The van der Waals surface area contributed by atoms with Gasteiger partial charge in [0.05, 0.1) is 0 Å². The van der Waals surface area contributed by atoms with Gasteiger partial charge in [-0.3, -0.25) is 0 Å². The third-order valence-corrected chi connectivity index (χ3v) is 2.56. The molecule has 0 aliphatic heterocycles. The van der Waals surface area contributed by atoms with E-state index in [2.05, 4.69) is 31.2 Å². The Balaban J connectivity index is 1.80. The van der Waals surface area contributed by atoms with Gasteiger partial charge in [0.1, 0.15) is 0 Å². The molecule has 0 heteroatoms. The summed E-state index contributed by atoms with van der Waals surface area (Å²) in [5.74, 6) is 1.05. The molecule has 0 saturated heterocycles. The van der Waals surface area contributed by atoms with Gasteiger partial charge in [0.25, 0.3) is 0 Å². The third kappa shape index (κ3) is 2.04. The van der Waals surface area contributed by atoms with Crippen molar-refractivity contribution in [1.82, 2.24) is 0 Å². The highest BCUT2D eigenvalue weighted by Gasteiger charge is 2.19. The highest BCUT2D eigenvalue weighted by atomic mass is 14.3. The summed E-state index contributed by atoms with van der Waals surface area (Å²) in [5.41, 5.74) is 2.58. The summed E-state index contributed by atoms with van der Waals surface area (Å²) in [6, 6.07) is 0. The van der Waals surface area contributed by atoms with Crippen LogP contribution in [0.15, 0.2) is 36.0 Å². The lowest BCUT2D eigenvalue weighted by Crippen LogP contribution is -1.88. The molecule has 1 saturated carbocycles. The zero-order valence-corrected chi connectivity index (χ0v) is 7.42. The second kappa shape index (κ2) is 3.22. The van der Waals surface area contributed by atoms with Crippen LogP contribution >= 0.6 is 0 Å². The molecule has 1 fully saturated rings. The summed E-state index contributed by atoms with van der Waals surface area (Å²) < 4.78 is 0. The van der Waals surface area contributed by atoms with Gasteiger partial charge in [0, 0.05) is 0 Å². The van der Waals surface area contributed by atoms with Gasteiger partial charge in [-0.25, -0.2) is 0 Å². The van der Waals surface area contributed by atoms with Crippen LogP contribution in [0.3, 0.4) is 0 Å². The SMILES string of the molecule is C=C1C=CC(CCC2CC2)=C[CH-]1. The Morgan fingerprint density at radius 2 is 2.25 bits per heavy atom. The average Bonchev–Trinajstić information content (AvgIpc) is 2.87. The minimum absolute atomic E-state index is 1.05. The van der Waals surface area contributed by atoms with Crippen LogP contribution < -0.4 is 0 Å². The molecule has 0 radical (unpaired) electrons. The molecular formula is C12H15-. The number of allylic oxidation sites excluding steroid dienone is 5. The maximum atomic E-state index is 3.87. The lowest BCUT2D eigenvalue weighted by molar-refractivity contribution is 0.728. The highest BCUT2D eigenvalue weighted by Crippen LogP contribution is 2.35. The predicted octanol–water partition coefficient (Wildman–Crippen LogP) is 3.43. The van der Waals surface area contributed by atoms with Gasteiger partial charge < -0.3 is 0 Å². The van der Waals surface area contributed by atoms with Gasteiger partial charge in [-0.1, -0.05) is 25.7 Å². The van der Waals surface area contributed by atoms with Gasteiger partial charge in [-0.2, -0.15) is 12.2 Å². The van der Waals surface area contributed by atoms with Crippen molar-refractivity contribution in [3.8, 4) is 0 Å². The van der Waals surface area contributed by atoms with Crippen molar-refractivity contribution < 1.29 is 0 Å². The number of hydrogen-bond acceptors (Lipinski definition) is 0. The summed E-state index contributed by atoms with van der Waals surface area (Å²) in [6.45, 7) is 3.87. The Bertz CT molecular complexity index is 239. The molecule has 0 N–H and O–H groups in total. The normalized spacial score (nSPS) is 22.0. The summed E-state index contributed by atoms with van der Waals surface area (Å²) in [4.78, 5) is 0. The van der Waals surface area contributed by atoms with E-state index < -0.39 is 0 Å². The predicted molar refractivity (Wildman–Crippen MR) is 52.6 cm³/mol. The molecule has 0 atom stereocenters. The molecule has 2 aliphatic rings. The molecule has 0 heterocycles. The molecule has 0 nitrogen and oxygen atoms in total. The van der Waals surface area contributed by atoms with Crippen molar-refractivity contribution in [2.24, 2.45) is 5.92 Å².